The lowest BCUT2D eigenvalue weighted by Gasteiger charge is -2.35. The number of urea groups is 2. The number of amides is 5. The van der Waals surface area contributed by atoms with E-state index in [1.165, 1.54) is 0 Å². The van der Waals surface area contributed by atoms with Crippen molar-refractivity contribution >= 4 is 29.5 Å². The van der Waals surface area contributed by atoms with E-state index in [2.05, 4.69) is 44.8 Å². The molecule has 0 unspecified atom stereocenters. The Bertz CT molecular complexity index is 1280. The van der Waals surface area contributed by atoms with Gasteiger partial charge in [-0.15, -0.1) is 0 Å². The van der Waals surface area contributed by atoms with Crippen LogP contribution in [0.3, 0.4) is 0 Å². The molecule has 3 aromatic rings. The first-order valence-electron chi connectivity index (χ1n) is 13.2. The largest absolute Gasteiger partial charge is 0.457 e. The third-order valence-corrected chi connectivity index (χ3v) is 6.30. The van der Waals surface area contributed by atoms with Crippen LogP contribution in [0.25, 0.3) is 0 Å². The number of hydrogen-bond acceptors (Lipinski definition) is 7. The minimum atomic E-state index is -0.612. The first kappa shape index (κ1) is 28.5. The molecule has 11 nitrogen and oxygen atoms in total. The maximum absolute atomic E-state index is 12.7. The molecule has 2 aromatic carbocycles. The topological polar surface area (TPSA) is 119 Å². The van der Waals surface area contributed by atoms with Gasteiger partial charge in [0.2, 0.25) is 5.91 Å². The van der Waals surface area contributed by atoms with E-state index in [1.54, 1.807) is 47.5 Å². The van der Waals surface area contributed by atoms with Crippen LogP contribution in [-0.2, 0) is 11.2 Å². The van der Waals surface area contributed by atoms with Gasteiger partial charge in [-0.2, -0.15) is 0 Å². The number of carbonyl (C=O) groups excluding carboxylic acids is 3. The molecule has 0 bridgehead atoms. The second-order valence-electron chi connectivity index (χ2n) is 9.73. The van der Waals surface area contributed by atoms with Crippen molar-refractivity contribution in [2.45, 2.75) is 6.42 Å². The normalized spacial score (nSPS) is 13.5. The molecule has 3 N–H and O–H groups in total. The number of imide groups is 1. The number of ether oxygens (including phenoxy) is 1. The third kappa shape index (κ3) is 9.07. The Labute approximate surface area is 234 Å². The highest BCUT2D eigenvalue weighted by molar-refractivity contribution is 6.01. The summed E-state index contributed by atoms with van der Waals surface area (Å²) < 4.78 is 5.90. The number of hydrogen-bond donors (Lipinski definition) is 3. The third-order valence-electron chi connectivity index (χ3n) is 6.30. The van der Waals surface area contributed by atoms with Gasteiger partial charge in [-0.3, -0.25) is 20.3 Å². The SMILES string of the molecule is CN(C)CCN1CCN(C(=O)Nc2cc(Oc3ccc(NC(=O)NC(=O)Cc4ccccc4)cc3)ccn2)CC1. The van der Waals surface area contributed by atoms with Gasteiger partial charge in [0.1, 0.15) is 17.3 Å². The van der Waals surface area contributed by atoms with Crippen LogP contribution in [0.5, 0.6) is 11.5 Å². The molecule has 1 aromatic heterocycles. The number of aromatic nitrogens is 1. The van der Waals surface area contributed by atoms with Crippen LogP contribution in [0, 0.1) is 0 Å². The fourth-order valence-corrected chi connectivity index (χ4v) is 4.10. The molecule has 0 atom stereocenters. The Balaban J connectivity index is 1.23. The second kappa shape index (κ2) is 14.1. The number of benzene rings is 2. The highest BCUT2D eigenvalue weighted by Crippen LogP contribution is 2.24. The monoisotopic (exact) mass is 545 g/mol. The van der Waals surface area contributed by atoms with Gasteiger partial charge in [-0.25, -0.2) is 14.6 Å². The zero-order valence-corrected chi connectivity index (χ0v) is 22.8. The molecule has 0 saturated carbocycles. The number of anilines is 2. The molecule has 4 rings (SSSR count). The van der Waals surface area contributed by atoms with E-state index in [0.717, 1.165) is 31.7 Å². The molecule has 1 fully saturated rings. The zero-order chi connectivity index (χ0) is 28.3. The lowest BCUT2D eigenvalue weighted by Crippen LogP contribution is -2.51. The van der Waals surface area contributed by atoms with Crippen molar-refractivity contribution in [3.8, 4) is 11.5 Å². The maximum atomic E-state index is 12.7. The van der Waals surface area contributed by atoms with Gasteiger partial charge in [0.05, 0.1) is 6.42 Å². The predicted octanol–water partition coefficient (Wildman–Crippen LogP) is 3.48. The van der Waals surface area contributed by atoms with Gasteiger partial charge in [0, 0.05) is 57.2 Å². The molecule has 40 heavy (non-hydrogen) atoms. The maximum Gasteiger partial charge on any atom is 0.325 e. The molecule has 2 heterocycles. The first-order valence-corrected chi connectivity index (χ1v) is 13.2. The molecule has 1 aliphatic rings. The van der Waals surface area contributed by atoms with Gasteiger partial charge in [0.15, 0.2) is 0 Å². The summed E-state index contributed by atoms with van der Waals surface area (Å²) >= 11 is 0. The Morgan fingerprint density at radius 2 is 1.62 bits per heavy atom. The average molecular weight is 546 g/mol. The number of pyridine rings is 1. The molecular formula is C29H35N7O4. The van der Waals surface area contributed by atoms with E-state index in [-0.39, 0.29) is 12.5 Å². The van der Waals surface area contributed by atoms with Crippen LogP contribution in [0.1, 0.15) is 5.56 Å². The summed E-state index contributed by atoms with van der Waals surface area (Å²) in [5.74, 6) is 1.03. The van der Waals surface area contributed by atoms with E-state index >= 15 is 0 Å². The fraction of sp³-hybridized carbons (Fsp3) is 0.310. The first-order chi connectivity index (χ1) is 19.3. The van der Waals surface area contributed by atoms with Crippen LogP contribution >= 0.6 is 0 Å². The predicted molar refractivity (Wildman–Crippen MR) is 154 cm³/mol. The van der Waals surface area contributed by atoms with E-state index < -0.39 is 11.9 Å². The lowest BCUT2D eigenvalue weighted by atomic mass is 10.1. The van der Waals surface area contributed by atoms with Gasteiger partial charge in [-0.05, 0) is 50.0 Å². The van der Waals surface area contributed by atoms with Crippen LogP contribution in [0.4, 0.5) is 21.1 Å². The van der Waals surface area contributed by atoms with Gasteiger partial charge >= 0.3 is 12.1 Å². The Hall–Kier alpha value is -4.48. The molecule has 0 aliphatic carbocycles. The standard InChI is InChI=1S/C29H35N7O4/c1-34(2)14-15-35-16-18-36(19-17-35)29(39)32-26-21-25(12-13-30-26)40-24-10-8-23(9-11-24)31-28(38)33-27(37)20-22-6-4-3-5-7-22/h3-13,21H,14-20H2,1-2H3,(H,30,32,39)(H2,31,33,37,38). The van der Waals surface area contributed by atoms with Crippen molar-refractivity contribution in [1.29, 1.82) is 0 Å². The summed E-state index contributed by atoms with van der Waals surface area (Å²) in [5.41, 5.74) is 1.32. The van der Waals surface area contributed by atoms with Crippen molar-refractivity contribution in [2.75, 3.05) is 64.0 Å². The Morgan fingerprint density at radius 1 is 0.900 bits per heavy atom. The van der Waals surface area contributed by atoms with Crippen LogP contribution < -0.4 is 20.7 Å². The highest BCUT2D eigenvalue weighted by Gasteiger charge is 2.21. The van der Waals surface area contributed by atoms with Crippen molar-refractivity contribution in [1.82, 2.24) is 25.0 Å². The van der Waals surface area contributed by atoms with Crippen molar-refractivity contribution < 1.29 is 19.1 Å². The molecule has 5 amide bonds. The van der Waals surface area contributed by atoms with Crippen LogP contribution in [-0.4, -0.2) is 91.0 Å². The van der Waals surface area contributed by atoms with Gasteiger partial charge in [-0.1, -0.05) is 30.3 Å². The zero-order valence-electron chi connectivity index (χ0n) is 22.8. The number of nitrogens with one attached hydrogen (secondary N) is 3. The summed E-state index contributed by atoms with van der Waals surface area (Å²) in [6.45, 7) is 4.99. The van der Waals surface area contributed by atoms with Crippen LogP contribution in [0.2, 0.25) is 0 Å². The number of likely N-dealkylation sites (N-methyl/N-ethyl adjacent to an activating group) is 1. The Kier molecular flexibility index (Phi) is 10.0. The summed E-state index contributed by atoms with van der Waals surface area (Å²) in [6, 6.07) is 18.5. The summed E-state index contributed by atoms with van der Waals surface area (Å²) in [7, 11) is 4.11. The summed E-state index contributed by atoms with van der Waals surface area (Å²) in [5, 5.41) is 7.80. The molecular weight excluding hydrogens is 510 g/mol. The number of rotatable bonds is 9. The number of carbonyl (C=O) groups is 3. The minimum absolute atomic E-state index is 0.114. The van der Waals surface area contributed by atoms with Gasteiger partial charge < -0.3 is 19.9 Å². The molecule has 11 heteroatoms. The quantitative estimate of drug-likeness (QED) is 0.377. The second-order valence-corrected chi connectivity index (χ2v) is 9.73. The number of piperazine rings is 1. The number of nitrogens with zero attached hydrogens (tertiary/aromatic N) is 4. The fourth-order valence-electron chi connectivity index (χ4n) is 4.10. The minimum Gasteiger partial charge on any atom is -0.457 e. The molecule has 1 saturated heterocycles. The van der Waals surface area contributed by atoms with Crippen molar-refractivity contribution in [2.24, 2.45) is 0 Å². The van der Waals surface area contributed by atoms with Crippen molar-refractivity contribution in [3.63, 3.8) is 0 Å². The van der Waals surface area contributed by atoms with E-state index in [9.17, 15) is 14.4 Å². The van der Waals surface area contributed by atoms with Crippen molar-refractivity contribution in [3.05, 3.63) is 78.5 Å². The van der Waals surface area contributed by atoms with Crippen LogP contribution in [0.15, 0.2) is 72.9 Å². The lowest BCUT2D eigenvalue weighted by molar-refractivity contribution is -0.119. The Morgan fingerprint density at radius 3 is 2.33 bits per heavy atom. The molecule has 210 valence electrons. The smallest absolute Gasteiger partial charge is 0.325 e. The van der Waals surface area contributed by atoms with E-state index in [1.807, 2.05) is 30.3 Å². The summed E-state index contributed by atoms with van der Waals surface area (Å²) in [6.07, 6.45) is 1.68. The van der Waals surface area contributed by atoms with Gasteiger partial charge in [0.25, 0.3) is 0 Å². The van der Waals surface area contributed by atoms with E-state index in [4.69, 9.17) is 4.74 Å². The molecule has 0 spiro atoms. The highest BCUT2D eigenvalue weighted by atomic mass is 16.5. The van der Waals surface area contributed by atoms with E-state index in [0.29, 0.717) is 36.1 Å². The molecule has 1 aliphatic heterocycles. The summed E-state index contributed by atoms with van der Waals surface area (Å²) in [4.78, 5) is 47.5. The molecule has 0 radical (unpaired) electrons. The average Bonchev–Trinajstić information content (AvgIpc) is 2.94.